The van der Waals surface area contributed by atoms with Crippen LogP contribution in [0.5, 0.6) is 0 Å². The molecule has 1 saturated carbocycles. The second-order valence-electron chi connectivity index (χ2n) is 6.89. The summed E-state index contributed by atoms with van der Waals surface area (Å²) in [4.78, 5) is 0. The van der Waals surface area contributed by atoms with Gasteiger partial charge in [0.15, 0.2) is 0 Å². The van der Waals surface area contributed by atoms with Crippen molar-refractivity contribution in [2.75, 3.05) is 6.54 Å². The van der Waals surface area contributed by atoms with E-state index in [1.165, 1.54) is 31.9 Å². The van der Waals surface area contributed by atoms with Gasteiger partial charge < -0.3 is 5.32 Å². The van der Waals surface area contributed by atoms with Crippen molar-refractivity contribution >= 4 is 8.07 Å². The van der Waals surface area contributed by atoms with E-state index in [9.17, 15) is 0 Å². The lowest BCUT2D eigenvalue weighted by Crippen LogP contribution is -2.39. The van der Waals surface area contributed by atoms with E-state index in [0.717, 1.165) is 23.4 Å². The SMILES string of the molecule is CCC(C)[Si](C)(C)CCNC1CC2C=CC1C2. The number of rotatable bonds is 6. The van der Waals surface area contributed by atoms with E-state index in [1.807, 2.05) is 0 Å². The van der Waals surface area contributed by atoms with E-state index in [-0.39, 0.29) is 0 Å². The molecule has 1 N–H and O–H groups in total. The number of fused-ring (bicyclic) bond motifs is 2. The third kappa shape index (κ3) is 3.03. The topological polar surface area (TPSA) is 12.0 Å². The highest BCUT2D eigenvalue weighted by atomic mass is 28.3. The lowest BCUT2D eigenvalue weighted by Gasteiger charge is -2.30. The Balaban J connectivity index is 1.71. The third-order valence-electron chi connectivity index (χ3n) is 5.40. The van der Waals surface area contributed by atoms with Gasteiger partial charge in [-0.2, -0.15) is 0 Å². The Morgan fingerprint density at radius 1 is 1.29 bits per heavy atom. The fourth-order valence-corrected chi connectivity index (χ4v) is 5.78. The predicted octanol–water partition coefficient (Wildman–Crippen LogP) is 4.05. The van der Waals surface area contributed by atoms with E-state index < -0.39 is 8.07 Å². The summed E-state index contributed by atoms with van der Waals surface area (Å²) in [5.41, 5.74) is 0.962. The Morgan fingerprint density at radius 3 is 2.59 bits per heavy atom. The normalized spacial score (nSPS) is 33.3. The molecule has 0 aromatic heterocycles. The summed E-state index contributed by atoms with van der Waals surface area (Å²) in [6, 6.07) is 2.24. The zero-order chi connectivity index (χ0) is 12.5. The molecule has 1 nitrogen and oxygen atoms in total. The van der Waals surface area contributed by atoms with Crippen LogP contribution < -0.4 is 5.32 Å². The lowest BCUT2D eigenvalue weighted by molar-refractivity contribution is 0.461. The van der Waals surface area contributed by atoms with Crippen LogP contribution in [-0.4, -0.2) is 20.7 Å². The second-order valence-corrected chi connectivity index (χ2v) is 12.4. The van der Waals surface area contributed by atoms with E-state index in [1.54, 1.807) is 0 Å². The van der Waals surface area contributed by atoms with Gasteiger partial charge in [-0.25, -0.2) is 0 Å². The third-order valence-corrected chi connectivity index (χ3v) is 10.0. The van der Waals surface area contributed by atoms with Crippen LogP contribution in [0.3, 0.4) is 0 Å². The number of hydrogen-bond acceptors (Lipinski definition) is 1. The predicted molar refractivity (Wildman–Crippen MR) is 79.1 cm³/mol. The molecule has 0 amide bonds. The van der Waals surface area contributed by atoms with Gasteiger partial charge in [0.1, 0.15) is 0 Å². The average molecular weight is 251 g/mol. The molecule has 0 radical (unpaired) electrons. The first kappa shape index (κ1) is 13.4. The van der Waals surface area contributed by atoms with Gasteiger partial charge in [0.2, 0.25) is 0 Å². The summed E-state index contributed by atoms with van der Waals surface area (Å²) >= 11 is 0. The van der Waals surface area contributed by atoms with E-state index in [0.29, 0.717) is 0 Å². The first-order valence-corrected chi connectivity index (χ1v) is 10.7. The van der Waals surface area contributed by atoms with Crippen molar-refractivity contribution in [3.63, 3.8) is 0 Å². The van der Waals surface area contributed by atoms with Crippen molar-refractivity contribution in [1.82, 2.24) is 5.32 Å². The van der Waals surface area contributed by atoms with Crippen molar-refractivity contribution in [2.24, 2.45) is 11.8 Å². The van der Waals surface area contributed by atoms with Gasteiger partial charge in [0.25, 0.3) is 0 Å². The molecule has 2 bridgehead atoms. The highest BCUT2D eigenvalue weighted by Gasteiger charge is 2.35. The number of hydrogen-bond donors (Lipinski definition) is 1. The van der Waals surface area contributed by atoms with Gasteiger partial charge >= 0.3 is 0 Å². The van der Waals surface area contributed by atoms with Crippen molar-refractivity contribution in [3.8, 4) is 0 Å². The summed E-state index contributed by atoms with van der Waals surface area (Å²) in [6.07, 6.45) is 9.05. The Hall–Kier alpha value is -0.0831. The van der Waals surface area contributed by atoms with Crippen molar-refractivity contribution < 1.29 is 0 Å². The highest BCUT2D eigenvalue weighted by Crippen LogP contribution is 2.39. The molecule has 2 aliphatic rings. The Labute approximate surface area is 108 Å². The number of allylic oxidation sites excluding steroid dienone is 1. The van der Waals surface area contributed by atoms with Crippen LogP contribution in [0, 0.1) is 11.8 Å². The van der Waals surface area contributed by atoms with Crippen molar-refractivity contribution in [2.45, 2.75) is 63.8 Å². The van der Waals surface area contributed by atoms with Crippen LogP contribution in [-0.2, 0) is 0 Å². The van der Waals surface area contributed by atoms with Crippen LogP contribution >= 0.6 is 0 Å². The molecule has 2 rings (SSSR count). The molecule has 4 atom stereocenters. The Kier molecular flexibility index (Phi) is 4.14. The van der Waals surface area contributed by atoms with Crippen molar-refractivity contribution in [3.05, 3.63) is 12.2 Å². The quantitative estimate of drug-likeness (QED) is 0.555. The van der Waals surface area contributed by atoms with Gasteiger partial charge in [-0.3, -0.25) is 0 Å². The molecular weight excluding hydrogens is 222 g/mol. The Morgan fingerprint density at radius 2 is 2.06 bits per heavy atom. The fourth-order valence-electron chi connectivity index (χ4n) is 3.39. The molecule has 0 heterocycles. The van der Waals surface area contributed by atoms with Crippen molar-refractivity contribution in [1.29, 1.82) is 0 Å². The van der Waals surface area contributed by atoms with E-state index in [2.05, 4.69) is 44.4 Å². The molecule has 98 valence electrons. The molecule has 0 spiro atoms. The van der Waals surface area contributed by atoms with Crippen LogP contribution in [0.4, 0.5) is 0 Å². The van der Waals surface area contributed by atoms with Gasteiger partial charge in [-0.05, 0) is 42.8 Å². The molecular formula is C15H29NSi. The van der Waals surface area contributed by atoms with Crippen LogP contribution in [0.25, 0.3) is 0 Å². The zero-order valence-corrected chi connectivity index (χ0v) is 13.0. The standard InChI is InChI=1S/C15H29NSi/c1-5-12(2)17(3,4)9-8-16-15-11-13-6-7-14(15)10-13/h6-7,12-16H,5,8-11H2,1-4H3. The molecule has 2 aliphatic carbocycles. The molecule has 0 saturated heterocycles. The van der Waals surface area contributed by atoms with Crippen LogP contribution in [0.15, 0.2) is 12.2 Å². The van der Waals surface area contributed by atoms with E-state index >= 15 is 0 Å². The molecule has 0 aliphatic heterocycles. The summed E-state index contributed by atoms with van der Waals surface area (Å²) in [5, 5.41) is 3.83. The first-order chi connectivity index (χ1) is 8.03. The minimum absolute atomic E-state index is 0.798. The summed E-state index contributed by atoms with van der Waals surface area (Å²) in [6.45, 7) is 11.2. The Bertz CT molecular complexity index is 285. The zero-order valence-electron chi connectivity index (χ0n) is 12.0. The lowest BCUT2D eigenvalue weighted by atomic mass is 10.0. The highest BCUT2D eigenvalue weighted by molar-refractivity contribution is 6.78. The molecule has 17 heavy (non-hydrogen) atoms. The summed E-state index contributed by atoms with van der Waals surface area (Å²) in [7, 11) is -0.980. The van der Waals surface area contributed by atoms with Gasteiger partial charge in [-0.15, -0.1) is 0 Å². The van der Waals surface area contributed by atoms with Gasteiger partial charge in [0, 0.05) is 6.04 Å². The molecule has 0 aromatic carbocycles. The minimum atomic E-state index is -0.980. The second kappa shape index (κ2) is 5.27. The number of nitrogens with one attached hydrogen (secondary N) is 1. The maximum Gasteiger partial charge on any atom is 0.0514 e. The first-order valence-electron chi connectivity index (χ1n) is 7.44. The van der Waals surface area contributed by atoms with Crippen LogP contribution in [0.2, 0.25) is 24.7 Å². The van der Waals surface area contributed by atoms with Crippen LogP contribution in [0.1, 0.15) is 33.1 Å². The average Bonchev–Trinajstić information content (AvgIpc) is 2.89. The maximum atomic E-state index is 3.83. The monoisotopic (exact) mass is 251 g/mol. The smallest absolute Gasteiger partial charge is 0.0514 e. The molecule has 4 unspecified atom stereocenters. The maximum absolute atomic E-state index is 3.83. The van der Waals surface area contributed by atoms with E-state index in [4.69, 9.17) is 0 Å². The summed E-state index contributed by atoms with van der Waals surface area (Å²) in [5.74, 6) is 1.76. The van der Waals surface area contributed by atoms with Gasteiger partial charge in [0.05, 0.1) is 8.07 Å². The fraction of sp³-hybridized carbons (Fsp3) is 0.867. The summed E-state index contributed by atoms with van der Waals surface area (Å²) < 4.78 is 0. The largest absolute Gasteiger partial charge is 0.314 e. The molecule has 1 fully saturated rings. The minimum Gasteiger partial charge on any atom is -0.314 e. The molecule has 0 aromatic rings. The van der Waals surface area contributed by atoms with Gasteiger partial charge in [-0.1, -0.05) is 45.5 Å². The molecule has 2 heteroatoms.